The maximum absolute atomic E-state index is 9.74. The molecule has 0 saturated carbocycles. The number of fused-ring (bicyclic) bond motifs is 20. The average Bonchev–Trinajstić information content (AvgIpc) is 1.51. The van der Waals surface area contributed by atoms with Gasteiger partial charge in [0.2, 0.25) is 0 Å². The van der Waals surface area contributed by atoms with Crippen molar-refractivity contribution in [3.05, 3.63) is 459 Å². The molecule has 0 amide bonds. The molecule has 24 aromatic carbocycles. The molecular weight excluding hydrogens is 1590 g/mol. The van der Waals surface area contributed by atoms with Crippen LogP contribution in [0.4, 0.5) is 0 Å². The van der Waals surface area contributed by atoms with Crippen molar-refractivity contribution in [3.63, 3.8) is 0 Å². The van der Waals surface area contributed by atoms with Gasteiger partial charge < -0.3 is 0 Å². The Hall–Kier alpha value is -15.5. The van der Waals surface area contributed by atoms with Gasteiger partial charge in [0, 0.05) is 60.5 Å². The van der Waals surface area contributed by atoms with E-state index in [1.54, 1.807) is 0 Å². The zero-order chi connectivity index (χ0) is 150. The predicted octanol–water partition coefficient (Wildman–Crippen LogP) is 37.0. The lowest BCUT2D eigenvalue weighted by Crippen LogP contribution is -1.92. The Kier molecular flexibility index (Phi) is 7.38. The average molecular weight is 1740 g/mol. The summed E-state index contributed by atoms with van der Waals surface area (Å²) in [6, 6.07) is -63.7. The maximum atomic E-state index is 9.74. The fourth-order valence-electron chi connectivity index (χ4n) is 15.3. The molecule has 0 bridgehead atoms. The predicted molar refractivity (Wildman–Crippen MR) is 557 cm³/mol. The van der Waals surface area contributed by atoms with Crippen LogP contribution < -0.4 is 0 Å². The van der Waals surface area contributed by atoms with Crippen LogP contribution in [0.5, 0.6) is 0 Å². The molecule has 0 spiro atoms. The summed E-state index contributed by atoms with van der Waals surface area (Å²) in [5, 5.41) is -13.5. The maximum Gasteiger partial charge on any atom is 0.0644 e. The van der Waals surface area contributed by atoms with E-state index in [1.807, 2.05) is 0 Å². The van der Waals surface area contributed by atoms with Gasteiger partial charge in [0.05, 0.1) is 104 Å². The number of hydrogen-bond acceptors (Lipinski definition) is 3. The van der Waals surface area contributed by atoms with Crippen LogP contribution >= 0.6 is 34.0 Å². The highest BCUT2D eigenvalue weighted by Crippen LogP contribution is 2.52. The first-order chi connectivity index (χ1) is 94.7. The lowest BCUT2D eigenvalue weighted by atomic mass is 9.84. The highest BCUT2D eigenvalue weighted by Gasteiger charge is 2.24. The van der Waals surface area contributed by atoms with E-state index >= 15 is 0 Å². The van der Waals surface area contributed by atoms with Crippen molar-refractivity contribution < 1.29 is 104 Å². The zero-order valence-electron chi connectivity index (χ0n) is 139. The molecule has 0 atom stereocenters. The molecule has 0 radical (unpaired) electrons. The van der Waals surface area contributed by atoms with Gasteiger partial charge >= 0.3 is 0 Å². The van der Waals surface area contributed by atoms with Crippen molar-refractivity contribution in [2.45, 2.75) is 0 Å². The molecule has 27 rings (SSSR count). The molecule has 0 aliphatic heterocycles. The molecule has 590 valence electrons. The molecule has 0 fully saturated rings. The summed E-state index contributed by atoms with van der Waals surface area (Å²) in [6.45, 7) is 0. The van der Waals surface area contributed by atoms with Gasteiger partial charge in [-0.1, -0.05) is 411 Å². The van der Waals surface area contributed by atoms with Gasteiger partial charge in [-0.25, -0.2) is 0 Å². The van der Waals surface area contributed by atoms with E-state index < -0.39 is 656 Å². The normalized spacial score (nSPS) is 20.2. The second-order valence-corrected chi connectivity index (χ2v) is 30.6. The molecule has 127 heavy (non-hydrogen) atoms. The van der Waals surface area contributed by atoms with Gasteiger partial charge in [0.25, 0.3) is 0 Å². The number of rotatable bonds is 8. The van der Waals surface area contributed by atoms with Crippen LogP contribution in [0.1, 0.15) is 104 Å². The van der Waals surface area contributed by atoms with E-state index in [-0.39, 0.29) is 60.5 Å². The fraction of sp³-hybridized carbons (Fsp3) is 0. The molecule has 0 aliphatic carbocycles. The first-order valence-electron chi connectivity index (χ1n) is 75.5. The first-order valence-corrected chi connectivity index (χ1v) is 39.9. The van der Waals surface area contributed by atoms with Crippen LogP contribution in [-0.2, 0) is 0 Å². The highest BCUT2D eigenvalue weighted by atomic mass is 32.1. The Balaban J connectivity index is 0.000000147. The standard InChI is InChI=1S/2C42H26S.C40H24S/c1-2-12-31-27(10-1)11-9-18-32(31)28-20-22-29(23-21-28)41-35-14-3-5-16-37(35)42(38-17-6-4-15-36(38)41)30-24-25-34-33-13-7-8-19-39(33)43-40(34)26-30;1-2-10-30-25-31(22-19-27(30)9-1)28-17-20-29(21-18-28)41-35-12-3-5-14-37(35)42(38-15-6-4-13-36(38)41)32-23-24-34-33-11-7-8-16-39(33)43-40(34)26-32;1-2-12-27-25(11-1)23-36(29-14-4-3-13-28(27)29)40-34-18-7-5-16-32(34)39(33-17-6-8-19-35(33)40)26-21-22-31-30-15-9-10-20-37(30)41-38(31)24-26/h2*1-26H;1-24H/i2*1D,2D,3D,4D,5D,6D,7D,8D,9D,10D,11D,12D,13D,14D,15D,16D,17D,18D,19D,20D,21D,22D,23D,24D,25D,26D;1D,2D,3D,4D,5D,6D,7D,8D,9D,10D,11D,12D,13D,14D,15D,16D,17D,18D,19D,20D,21D,22D,23D,24D. The molecule has 0 aliphatic rings. The Labute approximate surface area is 853 Å². The molecule has 27 aromatic rings. The van der Waals surface area contributed by atoms with Crippen molar-refractivity contribution in [3.8, 4) is 89.0 Å². The minimum Gasteiger partial charge on any atom is -0.135 e. The third-order valence-electron chi connectivity index (χ3n) is 20.7. The summed E-state index contributed by atoms with van der Waals surface area (Å²) in [5.41, 5.74) is -11.0. The lowest BCUT2D eigenvalue weighted by Gasteiger charge is -2.19. The molecule has 3 heterocycles. The third kappa shape index (κ3) is 12.6. The molecule has 3 aromatic heterocycles. The Bertz CT molecular complexity index is 13800. The van der Waals surface area contributed by atoms with Crippen LogP contribution in [0.2, 0.25) is 0 Å². The van der Waals surface area contributed by atoms with Crippen molar-refractivity contribution >= 4 is 202 Å². The van der Waals surface area contributed by atoms with Gasteiger partial charge in [-0.05, 0) is 245 Å². The minimum atomic E-state index is -1.06. The van der Waals surface area contributed by atoms with Crippen molar-refractivity contribution in [1.82, 2.24) is 0 Å². The summed E-state index contributed by atoms with van der Waals surface area (Å²) in [4.78, 5) is 0. The SMILES string of the molecule is [2H]c1c([2H])c(-c2c3c([2H])c([2H])c([2H])c([2H])c3c(-c3c([2H])c([2H])c4c(sc5c([2H])c([2H])c([2H])c([2H])c54)c3[2H])c3c([2H])c([2H])c([2H])c([2H])c23)c([2H])c([2H])c1-c1c([2H])c([2H])c([2H])c2c([2H])c([2H])c([2H])c([2H])c12.[2H]c1c([2H])c(-c2c3c([2H])c([2H])c([2H])c([2H])c3c(-c3c([2H])c([2H])c4c(sc5c([2H])c([2H])c([2H])c([2H])c54)c3[2H])c3c([2H])c([2H])c([2H])c([2H])c23)c([2H])c([2H])c1-c1c([2H])c([2H])c2c([2H])c([2H])c([2H])c([2H])c2c1[2H].[2H]c1c([2H])c([2H])c2c(sc3c([2H])c(-c4c5c([2H])c([2H])c([2H])c([2H])c5c(-c5c([2H])c6c([2H])c([2H])c([2H])c([2H])c6c6c([2H])c([2H])c([2H])c([2H])c56)c5c([2H])c([2H])c([2H])c([2H])c45)c([2H])c([2H])c32)c1[2H]. The van der Waals surface area contributed by atoms with E-state index in [1.165, 1.54) is 0 Å². The highest BCUT2D eigenvalue weighted by molar-refractivity contribution is 7.26. The van der Waals surface area contributed by atoms with E-state index in [2.05, 4.69) is 0 Å². The van der Waals surface area contributed by atoms with E-state index in [9.17, 15) is 42.5 Å². The zero-order valence-corrected chi connectivity index (χ0v) is 65.7. The topological polar surface area (TPSA) is 0 Å². The summed E-state index contributed by atoms with van der Waals surface area (Å²) in [5.74, 6) is 0. The molecule has 0 unspecified atom stereocenters. The summed E-state index contributed by atoms with van der Waals surface area (Å²) >= 11 is 2.00. The van der Waals surface area contributed by atoms with Crippen molar-refractivity contribution in [1.29, 1.82) is 0 Å². The second-order valence-electron chi connectivity index (χ2n) is 27.5. The number of benzene rings is 24. The number of hydrogen-bond donors (Lipinski definition) is 0. The summed E-state index contributed by atoms with van der Waals surface area (Å²) in [6.07, 6.45) is 0. The van der Waals surface area contributed by atoms with Crippen LogP contribution in [0.3, 0.4) is 0 Å². The van der Waals surface area contributed by atoms with Gasteiger partial charge in [-0.15, -0.1) is 34.0 Å². The minimum absolute atomic E-state index is 0.0767. The van der Waals surface area contributed by atoms with Gasteiger partial charge in [-0.3, -0.25) is 0 Å². The molecule has 3 heteroatoms. The van der Waals surface area contributed by atoms with Crippen LogP contribution in [0, 0.1) is 0 Å². The molecular formula is C124H76S3. The van der Waals surface area contributed by atoms with E-state index in [0.717, 1.165) is 0 Å². The van der Waals surface area contributed by atoms with Gasteiger partial charge in [0.15, 0.2) is 0 Å². The van der Waals surface area contributed by atoms with Gasteiger partial charge in [0.1, 0.15) is 0 Å². The quantitative estimate of drug-likeness (QED) is 0.105. The van der Waals surface area contributed by atoms with Gasteiger partial charge in [-0.2, -0.15) is 0 Å². The van der Waals surface area contributed by atoms with Crippen LogP contribution in [0.15, 0.2) is 459 Å². The third-order valence-corrected chi connectivity index (χ3v) is 23.8. The summed E-state index contributed by atoms with van der Waals surface area (Å²) in [7, 11) is 0. The van der Waals surface area contributed by atoms with Crippen molar-refractivity contribution in [2.75, 3.05) is 0 Å². The Morgan fingerprint density at radius 3 is 0.795 bits per heavy atom. The fourth-order valence-corrected chi connectivity index (χ4v) is 18.2. The van der Waals surface area contributed by atoms with Crippen LogP contribution in [-0.4, -0.2) is 0 Å². The Morgan fingerprint density at radius 2 is 0.386 bits per heavy atom. The second kappa shape index (κ2) is 30.8. The van der Waals surface area contributed by atoms with Crippen LogP contribution in [0.25, 0.3) is 257 Å². The molecule has 0 saturated heterocycles. The molecule has 0 N–H and O–H groups in total. The number of thiophene rings is 3. The molecule has 0 nitrogen and oxygen atoms in total. The van der Waals surface area contributed by atoms with Crippen molar-refractivity contribution in [2.24, 2.45) is 0 Å². The lowest BCUT2D eigenvalue weighted by molar-refractivity contribution is 1.63. The summed E-state index contributed by atoms with van der Waals surface area (Å²) < 4.78 is 678. The largest absolute Gasteiger partial charge is 0.135 e. The first kappa shape index (κ1) is 30.5. The monoisotopic (exact) mass is 1740 g/mol. The smallest absolute Gasteiger partial charge is 0.0644 e. The Morgan fingerprint density at radius 1 is 0.118 bits per heavy atom. The van der Waals surface area contributed by atoms with E-state index in [4.69, 9.17) is 61.7 Å². The van der Waals surface area contributed by atoms with E-state index in [0.29, 0.717) is 34.0 Å².